The number of nitrogens with zero attached hydrogens (tertiary/aromatic N) is 2. The topological polar surface area (TPSA) is 52.6 Å². The van der Waals surface area contributed by atoms with E-state index in [4.69, 9.17) is 0 Å². The Morgan fingerprint density at radius 3 is 2.90 bits per heavy atom. The normalized spacial score (nSPS) is 22.2. The average molecular weight is 273 g/mol. The minimum absolute atomic E-state index is 0.0220. The number of carbonyl (C=O) groups is 2. The number of anilines is 1. The molecule has 2 amide bonds. The van der Waals surface area contributed by atoms with E-state index in [-0.39, 0.29) is 24.3 Å². The first-order valence-corrected chi connectivity index (χ1v) is 6.99. The Labute approximate surface area is 118 Å². The van der Waals surface area contributed by atoms with Crippen LogP contribution in [-0.2, 0) is 16.0 Å². The third-order valence-electron chi connectivity index (χ3n) is 4.14. The lowest BCUT2D eigenvalue weighted by Crippen LogP contribution is -2.53. The van der Waals surface area contributed by atoms with Crippen LogP contribution in [0, 0.1) is 5.92 Å². The van der Waals surface area contributed by atoms with E-state index in [1.54, 1.807) is 16.8 Å². The van der Waals surface area contributed by atoms with Crippen molar-refractivity contribution in [3.63, 3.8) is 0 Å². The van der Waals surface area contributed by atoms with Crippen LogP contribution < -0.4 is 5.32 Å². The Morgan fingerprint density at radius 1 is 1.30 bits per heavy atom. The lowest BCUT2D eigenvalue weighted by atomic mass is 9.92. The number of piperazine rings is 1. The van der Waals surface area contributed by atoms with Crippen molar-refractivity contribution in [2.45, 2.75) is 6.42 Å². The fraction of sp³-hybridized carbons (Fsp3) is 0.467. The standard InChI is InChI=1S/C15H19N3O2/c1-17-6-7-18(10-14(17)19)15(20)12-8-11-4-2-3-5-13(11)16-9-12/h2-5,12,16H,6-10H2,1H3. The van der Waals surface area contributed by atoms with Gasteiger partial charge < -0.3 is 15.1 Å². The van der Waals surface area contributed by atoms with E-state index in [0.29, 0.717) is 19.6 Å². The van der Waals surface area contributed by atoms with Crippen LogP contribution in [0.25, 0.3) is 0 Å². The van der Waals surface area contributed by atoms with Crippen molar-refractivity contribution in [2.24, 2.45) is 5.92 Å². The predicted molar refractivity (Wildman–Crippen MR) is 76.3 cm³/mol. The quantitative estimate of drug-likeness (QED) is 0.814. The molecule has 0 saturated carbocycles. The molecule has 1 unspecified atom stereocenters. The highest BCUT2D eigenvalue weighted by molar-refractivity contribution is 5.87. The molecule has 0 aliphatic carbocycles. The fourth-order valence-corrected chi connectivity index (χ4v) is 2.82. The maximum absolute atomic E-state index is 12.5. The molecule has 0 radical (unpaired) electrons. The highest BCUT2D eigenvalue weighted by Gasteiger charge is 2.31. The second kappa shape index (κ2) is 5.15. The minimum Gasteiger partial charge on any atom is -0.384 e. The number of nitrogens with one attached hydrogen (secondary N) is 1. The predicted octanol–water partition coefficient (Wildman–Crippen LogP) is 0.571. The molecule has 1 aromatic carbocycles. The number of hydrogen-bond acceptors (Lipinski definition) is 3. The zero-order valence-corrected chi connectivity index (χ0v) is 11.6. The van der Waals surface area contributed by atoms with Crippen molar-refractivity contribution < 1.29 is 9.59 Å². The molecule has 0 aromatic heterocycles. The molecule has 2 aliphatic rings. The van der Waals surface area contributed by atoms with Crippen molar-refractivity contribution in [1.82, 2.24) is 9.80 Å². The molecule has 1 saturated heterocycles. The van der Waals surface area contributed by atoms with E-state index in [0.717, 1.165) is 12.1 Å². The molecule has 0 spiro atoms. The minimum atomic E-state index is -0.0684. The van der Waals surface area contributed by atoms with Crippen molar-refractivity contribution in [3.05, 3.63) is 29.8 Å². The van der Waals surface area contributed by atoms with E-state index >= 15 is 0 Å². The van der Waals surface area contributed by atoms with Crippen LogP contribution in [-0.4, -0.2) is 54.8 Å². The van der Waals surface area contributed by atoms with Gasteiger partial charge >= 0.3 is 0 Å². The van der Waals surface area contributed by atoms with E-state index in [9.17, 15) is 9.59 Å². The van der Waals surface area contributed by atoms with Crippen LogP contribution in [0.4, 0.5) is 5.69 Å². The Morgan fingerprint density at radius 2 is 2.10 bits per heavy atom. The van der Waals surface area contributed by atoms with Gasteiger partial charge in [-0.3, -0.25) is 9.59 Å². The molecule has 106 valence electrons. The van der Waals surface area contributed by atoms with Gasteiger partial charge in [-0.2, -0.15) is 0 Å². The number of amides is 2. The summed E-state index contributed by atoms with van der Waals surface area (Å²) in [6, 6.07) is 8.08. The number of para-hydroxylation sites is 1. The lowest BCUT2D eigenvalue weighted by Gasteiger charge is -2.35. The Kier molecular flexibility index (Phi) is 3.34. The fourth-order valence-electron chi connectivity index (χ4n) is 2.82. The second-order valence-electron chi connectivity index (χ2n) is 5.51. The average Bonchev–Trinajstić information content (AvgIpc) is 2.49. The molecule has 20 heavy (non-hydrogen) atoms. The van der Waals surface area contributed by atoms with Crippen molar-refractivity contribution in [2.75, 3.05) is 38.5 Å². The Bertz CT molecular complexity index is 544. The molecular weight excluding hydrogens is 254 g/mol. The summed E-state index contributed by atoms with van der Waals surface area (Å²) in [7, 11) is 1.78. The zero-order valence-electron chi connectivity index (χ0n) is 11.6. The first-order valence-electron chi connectivity index (χ1n) is 6.99. The molecule has 2 aliphatic heterocycles. The summed E-state index contributed by atoms with van der Waals surface area (Å²) in [4.78, 5) is 27.6. The molecule has 1 N–H and O–H groups in total. The number of likely N-dealkylation sites (N-methyl/N-ethyl adjacent to an activating group) is 1. The Hall–Kier alpha value is -2.04. The SMILES string of the molecule is CN1CCN(C(=O)C2CNc3ccccc3C2)CC1=O. The maximum Gasteiger partial charge on any atom is 0.241 e. The highest BCUT2D eigenvalue weighted by Crippen LogP contribution is 2.25. The number of hydrogen-bond donors (Lipinski definition) is 1. The summed E-state index contributed by atoms with van der Waals surface area (Å²) in [6.45, 7) is 2.13. The van der Waals surface area contributed by atoms with E-state index in [1.807, 2.05) is 18.2 Å². The van der Waals surface area contributed by atoms with E-state index in [2.05, 4.69) is 11.4 Å². The van der Waals surface area contributed by atoms with Gasteiger partial charge in [0.05, 0.1) is 12.5 Å². The van der Waals surface area contributed by atoms with Crippen LogP contribution in [0.5, 0.6) is 0 Å². The van der Waals surface area contributed by atoms with Gasteiger partial charge in [0.25, 0.3) is 0 Å². The highest BCUT2D eigenvalue weighted by atomic mass is 16.2. The third-order valence-corrected chi connectivity index (χ3v) is 4.14. The monoisotopic (exact) mass is 273 g/mol. The van der Waals surface area contributed by atoms with Crippen LogP contribution in [0.3, 0.4) is 0 Å². The zero-order chi connectivity index (χ0) is 14.1. The molecule has 5 heteroatoms. The Balaban J connectivity index is 1.69. The van der Waals surface area contributed by atoms with Gasteiger partial charge in [0.1, 0.15) is 0 Å². The van der Waals surface area contributed by atoms with Gasteiger partial charge in [-0.15, -0.1) is 0 Å². The van der Waals surface area contributed by atoms with Crippen LogP contribution in [0.1, 0.15) is 5.56 Å². The van der Waals surface area contributed by atoms with Crippen LogP contribution in [0.15, 0.2) is 24.3 Å². The summed E-state index contributed by atoms with van der Waals surface area (Å²) in [5, 5.41) is 3.31. The molecule has 0 bridgehead atoms. The molecule has 2 heterocycles. The number of fused-ring (bicyclic) bond motifs is 1. The lowest BCUT2D eigenvalue weighted by molar-refractivity contribution is -0.146. The summed E-state index contributed by atoms with van der Waals surface area (Å²) in [5.41, 5.74) is 2.29. The number of rotatable bonds is 1. The van der Waals surface area contributed by atoms with E-state index < -0.39 is 0 Å². The van der Waals surface area contributed by atoms with Gasteiger partial charge in [-0.25, -0.2) is 0 Å². The van der Waals surface area contributed by atoms with Gasteiger partial charge in [-0.1, -0.05) is 18.2 Å². The molecule has 3 rings (SSSR count). The third kappa shape index (κ3) is 2.35. The first kappa shape index (κ1) is 13.0. The number of benzene rings is 1. The van der Waals surface area contributed by atoms with Crippen LogP contribution >= 0.6 is 0 Å². The summed E-state index contributed by atoms with van der Waals surface area (Å²) in [6.07, 6.45) is 0.753. The molecular formula is C15H19N3O2. The van der Waals surface area contributed by atoms with Gasteiger partial charge in [0.15, 0.2) is 0 Å². The van der Waals surface area contributed by atoms with Gasteiger partial charge in [0.2, 0.25) is 11.8 Å². The first-order chi connectivity index (χ1) is 9.65. The summed E-state index contributed by atoms with van der Waals surface area (Å²) >= 11 is 0. The summed E-state index contributed by atoms with van der Waals surface area (Å²) in [5.74, 6) is 0.0447. The largest absolute Gasteiger partial charge is 0.384 e. The number of carbonyl (C=O) groups excluding carboxylic acids is 2. The van der Waals surface area contributed by atoms with Gasteiger partial charge in [-0.05, 0) is 18.1 Å². The van der Waals surface area contributed by atoms with Gasteiger partial charge in [0, 0.05) is 32.4 Å². The van der Waals surface area contributed by atoms with Crippen molar-refractivity contribution in [1.29, 1.82) is 0 Å². The molecule has 1 aromatic rings. The van der Waals surface area contributed by atoms with Crippen molar-refractivity contribution in [3.8, 4) is 0 Å². The molecule has 1 atom stereocenters. The maximum atomic E-state index is 12.5. The van der Waals surface area contributed by atoms with Crippen LogP contribution in [0.2, 0.25) is 0 Å². The smallest absolute Gasteiger partial charge is 0.241 e. The molecule has 1 fully saturated rings. The van der Waals surface area contributed by atoms with Crippen molar-refractivity contribution >= 4 is 17.5 Å². The van der Waals surface area contributed by atoms with E-state index in [1.165, 1.54) is 5.56 Å². The summed E-state index contributed by atoms with van der Waals surface area (Å²) < 4.78 is 0. The molecule has 5 nitrogen and oxygen atoms in total. The second-order valence-corrected chi connectivity index (χ2v) is 5.51.